The topological polar surface area (TPSA) is 98.5 Å². The van der Waals surface area contributed by atoms with Gasteiger partial charge in [0, 0.05) is 17.8 Å². The molecule has 0 aromatic heterocycles. The number of nitro groups is 1. The van der Waals surface area contributed by atoms with Crippen molar-refractivity contribution < 1.29 is 23.6 Å². The molecule has 0 fully saturated rings. The molecule has 0 radical (unpaired) electrons. The Kier molecular flexibility index (Phi) is 7.30. The average Bonchev–Trinajstić information content (AvgIpc) is 2.63. The average molecular weight is 392 g/mol. The van der Waals surface area contributed by atoms with Crippen molar-refractivity contribution in [1.29, 1.82) is 0 Å². The summed E-state index contributed by atoms with van der Waals surface area (Å²) >= 11 is 1.07. The molecule has 0 spiro atoms. The number of nitro benzene ring substituents is 1. The van der Waals surface area contributed by atoms with Crippen molar-refractivity contribution in [3.63, 3.8) is 0 Å². The maximum absolute atomic E-state index is 12.8. The molecule has 0 aliphatic carbocycles. The van der Waals surface area contributed by atoms with Crippen LogP contribution in [0.1, 0.15) is 18.6 Å². The van der Waals surface area contributed by atoms with Gasteiger partial charge in [-0.25, -0.2) is 4.39 Å². The Morgan fingerprint density at radius 1 is 1.22 bits per heavy atom. The van der Waals surface area contributed by atoms with Crippen LogP contribution in [0.25, 0.3) is 0 Å². The molecule has 9 heteroatoms. The SMILES string of the molecule is C[C@H](OC(=O)CSCC(=O)Nc1ccc(F)cc1)c1cccc([N+](=O)[O-])c1. The molecule has 0 unspecified atom stereocenters. The number of amides is 1. The Balaban J connectivity index is 1.75. The van der Waals surface area contributed by atoms with Gasteiger partial charge in [-0.05, 0) is 36.8 Å². The summed E-state index contributed by atoms with van der Waals surface area (Å²) in [5.74, 6) is -1.28. The largest absolute Gasteiger partial charge is 0.457 e. The summed E-state index contributed by atoms with van der Waals surface area (Å²) in [6, 6.07) is 11.2. The summed E-state index contributed by atoms with van der Waals surface area (Å²) in [6.45, 7) is 1.61. The van der Waals surface area contributed by atoms with E-state index in [0.29, 0.717) is 11.3 Å². The van der Waals surface area contributed by atoms with Crippen molar-refractivity contribution in [3.8, 4) is 0 Å². The summed E-state index contributed by atoms with van der Waals surface area (Å²) in [5.41, 5.74) is 0.891. The molecule has 2 rings (SSSR count). The number of thioether (sulfide) groups is 1. The van der Waals surface area contributed by atoms with Gasteiger partial charge in [-0.1, -0.05) is 12.1 Å². The standard InChI is InChI=1S/C18H17FN2O5S/c1-12(13-3-2-4-16(9-13)21(24)25)26-18(23)11-27-10-17(22)20-15-7-5-14(19)6-8-15/h2-9,12H,10-11H2,1H3,(H,20,22)/t12-/m0/s1. The van der Waals surface area contributed by atoms with Crippen LogP contribution in [0.4, 0.5) is 15.8 Å². The summed E-state index contributed by atoms with van der Waals surface area (Å²) < 4.78 is 18.0. The molecule has 0 bridgehead atoms. The molecule has 0 aliphatic rings. The molecule has 0 saturated heterocycles. The first-order valence-electron chi connectivity index (χ1n) is 7.92. The van der Waals surface area contributed by atoms with E-state index in [9.17, 15) is 24.1 Å². The molecule has 1 N–H and O–H groups in total. The molecule has 7 nitrogen and oxygen atoms in total. The maximum atomic E-state index is 12.8. The van der Waals surface area contributed by atoms with E-state index in [4.69, 9.17) is 4.74 Å². The zero-order valence-electron chi connectivity index (χ0n) is 14.4. The van der Waals surface area contributed by atoms with E-state index in [0.717, 1.165) is 11.8 Å². The summed E-state index contributed by atoms with van der Waals surface area (Å²) in [7, 11) is 0. The minimum Gasteiger partial charge on any atom is -0.457 e. The number of carbonyl (C=O) groups is 2. The minimum absolute atomic E-state index is 0.0255. The smallest absolute Gasteiger partial charge is 0.316 e. The lowest BCUT2D eigenvalue weighted by Crippen LogP contribution is -2.17. The Morgan fingerprint density at radius 3 is 2.59 bits per heavy atom. The first kappa shape index (κ1) is 20.4. The van der Waals surface area contributed by atoms with Crippen LogP contribution in [0.3, 0.4) is 0 Å². The highest BCUT2D eigenvalue weighted by atomic mass is 32.2. The number of hydrogen-bond acceptors (Lipinski definition) is 6. The van der Waals surface area contributed by atoms with Crippen LogP contribution < -0.4 is 5.32 Å². The van der Waals surface area contributed by atoms with Gasteiger partial charge >= 0.3 is 5.97 Å². The van der Waals surface area contributed by atoms with E-state index >= 15 is 0 Å². The number of esters is 1. The third kappa shape index (κ3) is 6.70. The number of benzene rings is 2. The van der Waals surface area contributed by atoms with Crippen molar-refractivity contribution in [2.45, 2.75) is 13.0 Å². The highest BCUT2D eigenvalue weighted by molar-refractivity contribution is 8.00. The lowest BCUT2D eigenvalue weighted by molar-refractivity contribution is -0.385. The zero-order valence-corrected chi connectivity index (χ0v) is 15.2. The summed E-state index contributed by atoms with van der Waals surface area (Å²) in [5, 5.41) is 13.4. The highest BCUT2D eigenvalue weighted by Gasteiger charge is 2.15. The second-order valence-corrected chi connectivity index (χ2v) is 6.52. The first-order chi connectivity index (χ1) is 12.8. The van der Waals surface area contributed by atoms with Crippen molar-refractivity contribution >= 4 is 35.0 Å². The first-order valence-corrected chi connectivity index (χ1v) is 9.07. The van der Waals surface area contributed by atoms with Gasteiger partial charge in [0.25, 0.3) is 5.69 Å². The van der Waals surface area contributed by atoms with E-state index in [1.807, 2.05) is 0 Å². The number of nitrogens with zero attached hydrogens (tertiary/aromatic N) is 1. The fourth-order valence-corrected chi connectivity index (χ4v) is 2.74. The van der Waals surface area contributed by atoms with E-state index in [1.165, 1.54) is 42.5 Å². The molecule has 2 aromatic carbocycles. The van der Waals surface area contributed by atoms with Gasteiger partial charge in [-0.15, -0.1) is 11.8 Å². The van der Waals surface area contributed by atoms with Gasteiger partial charge < -0.3 is 10.1 Å². The number of halogens is 1. The number of ether oxygens (including phenoxy) is 1. The number of non-ortho nitro benzene ring substituents is 1. The van der Waals surface area contributed by atoms with Crippen LogP contribution in [-0.4, -0.2) is 28.3 Å². The molecule has 0 saturated carbocycles. The van der Waals surface area contributed by atoms with Crippen LogP contribution in [0, 0.1) is 15.9 Å². The Bertz CT molecular complexity index is 829. The normalized spacial score (nSPS) is 11.5. The number of nitrogens with one attached hydrogen (secondary N) is 1. The summed E-state index contributed by atoms with van der Waals surface area (Å²) in [6.07, 6.45) is -0.647. The Hall–Kier alpha value is -2.94. The second kappa shape index (κ2) is 9.67. The Labute approximate surface area is 159 Å². The van der Waals surface area contributed by atoms with Crippen LogP contribution >= 0.6 is 11.8 Å². The zero-order chi connectivity index (χ0) is 19.8. The monoisotopic (exact) mass is 392 g/mol. The van der Waals surface area contributed by atoms with Crippen LogP contribution in [0.5, 0.6) is 0 Å². The quantitative estimate of drug-likeness (QED) is 0.418. The molecular formula is C18H17FN2O5S. The molecule has 1 amide bonds. The highest BCUT2D eigenvalue weighted by Crippen LogP contribution is 2.22. The van der Waals surface area contributed by atoms with Crippen molar-refractivity contribution in [2.24, 2.45) is 0 Å². The van der Waals surface area contributed by atoms with Gasteiger partial charge in [0.1, 0.15) is 11.9 Å². The maximum Gasteiger partial charge on any atom is 0.316 e. The van der Waals surface area contributed by atoms with Crippen molar-refractivity contribution in [1.82, 2.24) is 0 Å². The van der Waals surface area contributed by atoms with Crippen LogP contribution in [0.2, 0.25) is 0 Å². The minimum atomic E-state index is -0.647. The van der Waals surface area contributed by atoms with Gasteiger partial charge in [0.15, 0.2) is 0 Å². The molecule has 1 atom stereocenters. The molecular weight excluding hydrogens is 375 g/mol. The third-order valence-electron chi connectivity index (χ3n) is 3.44. The predicted octanol–water partition coefficient (Wildman–Crippen LogP) is 3.71. The molecule has 0 aliphatic heterocycles. The third-order valence-corrected chi connectivity index (χ3v) is 4.35. The van der Waals surface area contributed by atoms with Gasteiger partial charge in [0.05, 0.1) is 16.4 Å². The second-order valence-electron chi connectivity index (χ2n) is 5.53. The van der Waals surface area contributed by atoms with Gasteiger partial charge in [-0.2, -0.15) is 0 Å². The molecule has 2 aromatic rings. The number of rotatable bonds is 8. The van der Waals surface area contributed by atoms with E-state index in [-0.39, 0.29) is 23.1 Å². The lowest BCUT2D eigenvalue weighted by Gasteiger charge is -2.13. The summed E-state index contributed by atoms with van der Waals surface area (Å²) in [4.78, 5) is 33.9. The number of carbonyl (C=O) groups excluding carboxylic acids is 2. The molecule has 0 heterocycles. The van der Waals surface area contributed by atoms with E-state index in [2.05, 4.69) is 5.32 Å². The Morgan fingerprint density at radius 2 is 1.93 bits per heavy atom. The van der Waals surface area contributed by atoms with Gasteiger partial charge in [-0.3, -0.25) is 19.7 Å². The fourth-order valence-electron chi connectivity index (χ4n) is 2.15. The van der Waals surface area contributed by atoms with Crippen molar-refractivity contribution in [3.05, 3.63) is 70.0 Å². The molecule has 27 heavy (non-hydrogen) atoms. The van der Waals surface area contributed by atoms with Crippen LogP contribution in [-0.2, 0) is 14.3 Å². The van der Waals surface area contributed by atoms with E-state index in [1.54, 1.807) is 13.0 Å². The van der Waals surface area contributed by atoms with Crippen molar-refractivity contribution in [2.75, 3.05) is 16.8 Å². The number of hydrogen-bond donors (Lipinski definition) is 1. The molecule has 142 valence electrons. The van der Waals surface area contributed by atoms with E-state index < -0.39 is 22.8 Å². The number of anilines is 1. The lowest BCUT2D eigenvalue weighted by atomic mass is 10.1. The van der Waals surface area contributed by atoms with Gasteiger partial charge in [0.2, 0.25) is 5.91 Å². The fraction of sp³-hybridized carbons (Fsp3) is 0.222. The predicted molar refractivity (Wildman–Crippen MR) is 100.0 cm³/mol. The van der Waals surface area contributed by atoms with Crippen LogP contribution in [0.15, 0.2) is 48.5 Å².